The van der Waals surface area contributed by atoms with E-state index in [0.717, 1.165) is 17.3 Å². The summed E-state index contributed by atoms with van der Waals surface area (Å²) in [7, 11) is 0. The maximum atomic E-state index is 12.6. The van der Waals surface area contributed by atoms with Gasteiger partial charge in [0.05, 0.1) is 10.6 Å². The lowest BCUT2D eigenvalue weighted by atomic mass is 10.2. The molecule has 0 unspecified atom stereocenters. The number of amides is 1. The number of anilines is 1. The number of carbonyl (C=O) groups is 1. The number of rotatable bonds is 2. The van der Waals surface area contributed by atoms with Crippen LogP contribution in [0.3, 0.4) is 0 Å². The van der Waals surface area contributed by atoms with Crippen molar-refractivity contribution in [3.63, 3.8) is 0 Å². The van der Waals surface area contributed by atoms with Crippen molar-refractivity contribution in [1.29, 1.82) is 5.41 Å². The standard InChI is InChI=1S/C17H12N2O3S/c18-17-19(12-6-7-13-14(9-12)22-10-21-13)16(20)15(23-17)8-11-4-2-1-3-5-11/h1-9,18H,10H2/b15-8-,18-17?. The van der Waals surface area contributed by atoms with E-state index in [9.17, 15) is 4.79 Å². The molecule has 0 bridgehead atoms. The molecule has 2 aliphatic rings. The predicted molar refractivity (Wildman–Crippen MR) is 89.8 cm³/mol. The summed E-state index contributed by atoms with van der Waals surface area (Å²) in [5.74, 6) is 1.04. The highest BCUT2D eigenvalue weighted by atomic mass is 32.2. The van der Waals surface area contributed by atoms with E-state index in [1.807, 2.05) is 30.3 Å². The molecule has 0 radical (unpaired) electrons. The van der Waals surface area contributed by atoms with Crippen molar-refractivity contribution in [2.24, 2.45) is 0 Å². The van der Waals surface area contributed by atoms with Gasteiger partial charge in [-0.1, -0.05) is 30.3 Å². The van der Waals surface area contributed by atoms with Gasteiger partial charge in [0.2, 0.25) is 6.79 Å². The molecular formula is C17H12N2O3S. The molecule has 2 aromatic carbocycles. The van der Waals surface area contributed by atoms with Gasteiger partial charge in [0, 0.05) is 6.07 Å². The van der Waals surface area contributed by atoms with Crippen molar-refractivity contribution < 1.29 is 14.3 Å². The number of thioether (sulfide) groups is 1. The molecule has 0 spiro atoms. The Hall–Kier alpha value is -2.73. The smallest absolute Gasteiger partial charge is 0.271 e. The highest BCUT2D eigenvalue weighted by Gasteiger charge is 2.34. The largest absolute Gasteiger partial charge is 0.454 e. The third kappa shape index (κ3) is 2.47. The van der Waals surface area contributed by atoms with Crippen LogP contribution in [0.1, 0.15) is 5.56 Å². The van der Waals surface area contributed by atoms with Crippen molar-refractivity contribution in [2.75, 3.05) is 11.7 Å². The minimum absolute atomic E-state index is 0.177. The second-order valence-corrected chi connectivity index (χ2v) is 6.04. The Morgan fingerprint density at radius 2 is 1.87 bits per heavy atom. The summed E-state index contributed by atoms with van der Waals surface area (Å²) < 4.78 is 10.6. The number of nitrogens with zero attached hydrogens (tertiary/aromatic N) is 1. The van der Waals surface area contributed by atoms with E-state index >= 15 is 0 Å². The van der Waals surface area contributed by atoms with Gasteiger partial charge in [0.15, 0.2) is 16.7 Å². The van der Waals surface area contributed by atoms with E-state index in [2.05, 4.69) is 0 Å². The molecule has 1 saturated heterocycles. The number of carbonyl (C=O) groups excluding carboxylic acids is 1. The first-order valence-corrected chi connectivity index (χ1v) is 7.81. The molecule has 1 N–H and O–H groups in total. The molecule has 6 heteroatoms. The number of amidine groups is 1. The zero-order chi connectivity index (χ0) is 15.8. The second-order valence-electron chi connectivity index (χ2n) is 5.00. The van der Waals surface area contributed by atoms with Crippen molar-refractivity contribution in [1.82, 2.24) is 0 Å². The van der Waals surface area contributed by atoms with Crippen LogP contribution in [0, 0.1) is 5.41 Å². The Labute approximate surface area is 137 Å². The van der Waals surface area contributed by atoms with E-state index in [-0.39, 0.29) is 17.9 Å². The fourth-order valence-electron chi connectivity index (χ4n) is 2.45. The minimum Gasteiger partial charge on any atom is -0.454 e. The summed E-state index contributed by atoms with van der Waals surface area (Å²) in [5, 5.41) is 8.30. The summed E-state index contributed by atoms with van der Waals surface area (Å²) in [6.45, 7) is 0.179. The van der Waals surface area contributed by atoms with Gasteiger partial charge in [0.25, 0.3) is 5.91 Å². The third-order valence-electron chi connectivity index (χ3n) is 3.54. The summed E-state index contributed by atoms with van der Waals surface area (Å²) in [5.41, 5.74) is 1.54. The number of benzene rings is 2. The molecule has 23 heavy (non-hydrogen) atoms. The first kappa shape index (κ1) is 13.9. The van der Waals surface area contributed by atoms with Gasteiger partial charge in [-0.2, -0.15) is 0 Å². The quantitative estimate of drug-likeness (QED) is 0.859. The summed E-state index contributed by atoms with van der Waals surface area (Å²) >= 11 is 1.15. The Kier molecular flexibility index (Phi) is 3.31. The number of hydrogen-bond acceptors (Lipinski definition) is 5. The van der Waals surface area contributed by atoms with Crippen molar-refractivity contribution in [3.05, 3.63) is 59.0 Å². The molecule has 5 nitrogen and oxygen atoms in total. The fourth-order valence-corrected chi connectivity index (χ4v) is 3.31. The number of hydrogen-bond donors (Lipinski definition) is 1. The molecule has 2 aliphatic heterocycles. The molecule has 1 amide bonds. The summed E-state index contributed by atoms with van der Waals surface area (Å²) in [6.07, 6.45) is 1.80. The number of fused-ring (bicyclic) bond motifs is 1. The maximum absolute atomic E-state index is 12.6. The molecule has 1 fully saturated rings. The summed E-state index contributed by atoms with van der Waals surface area (Å²) in [6, 6.07) is 14.8. The first-order chi connectivity index (χ1) is 11.2. The van der Waals surface area contributed by atoms with Gasteiger partial charge >= 0.3 is 0 Å². The third-order valence-corrected chi connectivity index (χ3v) is 4.42. The molecule has 0 saturated carbocycles. The molecule has 0 aliphatic carbocycles. The van der Waals surface area contributed by atoms with Crippen molar-refractivity contribution in [2.45, 2.75) is 0 Å². The van der Waals surface area contributed by atoms with Crippen LogP contribution in [0.15, 0.2) is 53.4 Å². The molecule has 0 atom stereocenters. The van der Waals surface area contributed by atoms with E-state index in [0.29, 0.717) is 22.1 Å². The van der Waals surface area contributed by atoms with Gasteiger partial charge < -0.3 is 9.47 Å². The highest BCUT2D eigenvalue weighted by Crippen LogP contribution is 2.40. The number of nitrogens with one attached hydrogen (secondary N) is 1. The lowest BCUT2D eigenvalue weighted by Crippen LogP contribution is -2.28. The van der Waals surface area contributed by atoms with Crippen LogP contribution in [0.4, 0.5) is 5.69 Å². The van der Waals surface area contributed by atoms with Crippen LogP contribution in [0.2, 0.25) is 0 Å². The van der Waals surface area contributed by atoms with E-state index < -0.39 is 0 Å². The Balaban J connectivity index is 1.67. The van der Waals surface area contributed by atoms with Crippen LogP contribution in [-0.2, 0) is 4.79 Å². The molecule has 0 aromatic heterocycles. The predicted octanol–water partition coefficient (Wildman–Crippen LogP) is 3.47. The zero-order valence-electron chi connectivity index (χ0n) is 12.0. The Bertz CT molecular complexity index is 833. The van der Waals surface area contributed by atoms with Gasteiger partial charge in [-0.3, -0.25) is 15.1 Å². The lowest BCUT2D eigenvalue weighted by molar-refractivity contribution is -0.113. The second kappa shape index (κ2) is 5.48. The average molecular weight is 324 g/mol. The topological polar surface area (TPSA) is 62.6 Å². The monoisotopic (exact) mass is 324 g/mol. The maximum Gasteiger partial charge on any atom is 0.271 e. The molecule has 2 heterocycles. The zero-order valence-corrected chi connectivity index (χ0v) is 12.8. The first-order valence-electron chi connectivity index (χ1n) is 6.99. The summed E-state index contributed by atoms with van der Waals surface area (Å²) in [4.78, 5) is 14.5. The van der Waals surface area contributed by atoms with Crippen LogP contribution >= 0.6 is 11.8 Å². The molecular weight excluding hydrogens is 312 g/mol. The Morgan fingerprint density at radius 1 is 1.09 bits per heavy atom. The van der Waals surface area contributed by atoms with Crippen LogP contribution in [0.25, 0.3) is 6.08 Å². The molecule has 114 valence electrons. The lowest BCUT2D eigenvalue weighted by Gasteiger charge is -2.14. The SMILES string of the molecule is N=C1S/C(=C\c2ccccc2)C(=O)N1c1ccc2c(c1)OCO2. The molecule has 2 aromatic rings. The van der Waals surface area contributed by atoms with Gasteiger partial charge in [0.1, 0.15) is 0 Å². The van der Waals surface area contributed by atoms with Gasteiger partial charge in [-0.25, -0.2) is 0 Å². The van der Waals surface area contributed by atoms with Gasteiger partial charge in [-0.15, -0.1) is 0 Å². The van der Waals surface area contributed by atoms with E-state index in [4.69, 9.17) is 14.9 Å². The van der Waals surface area contributed by atoms with Crippen LogP contribution in [0.5, 0.6) is 11.5 Å². The average Bonchev–Trinajstić information content (AvgIpc) is 3.13. The van der Waals surface area contributed by atoms with Gasteiger partial charge in [-0.05, 0) is 35.5 Å². The Morgan fingerprint density at radius 3 is 2.70 bits per heavy atom. The van der Waals surface area contributed by atoms with E-state index in [1.165, 1.54) is 4.90 Å². The fraction of sp³-hybridized carbons (Fsp3) is 0.0588. The van der Waals surface area contributed by atoms with Crippen LogP contribution in [-0.4, -0.2) is 17.9 Å². The van der Waals surface area contributed by atoms with Crippen molar-refractivity contribution in [3.8, 4) is 11.5 Å². The minimum atomic E-state index is -0.206. The van der Waals surface area contributed by atoms with Crippen LogP contribution < -0.4 is 14.4 Å². The molecule has 4 rings (SSSR count). The number of ether oxygens (including phenoxy) is 2. The highest BCUT2D eigenvalue weighted by molar-refractivity contribution is 8.19. The van der Waals surface area contributed by atoms with Crippen molar-refractivity contribution >= 4 is 34.6 Å². The normalized spacial score (nSPS) is 18.1. The van der Waals surface area contributed by atoms with E-state index in [1.54, 1.807) is 24.3 Å².